The highest BCUT2D eigenvalue weighted by Crippen LogP contribution is 2.25. The third-order valence-corrected chi connectivity index (χ3v) is 4.23. The van der Waals surface area contributed by atoms with E-state index in [1.165, 1.54) is 33.4 Å². The molecule has 0 heterocycles. The van der Waals surface area contributed by atoms with E-state index in [-0.39, 0.29) is 0 Å². The Hall–Kier alpha value is -1.96. The van der Waals surface area contributed by atoms with Crippen molar-refractivity contribution in [1.29, 1.82) is 0 Å². The molecule has 0 fully saturated rings. The standard InChI is InChI=1S/C19H26N2/c1-5-16-10-14(7-12(3)18(16)20)9-15-8-13(4)19(21)17(6-2)11-15/h7-8,10-11H,5-6,9,20-21H2,1-4H3. The van der Waals surface area contributed by atoms with E-state index in [1.54, 1.807) is 0 Å². The van der Waals surface area contributed by atoms with Crippen LogP contribution in [0.4, 0.5) is 11.4 Å². The molecule has 0 aromatic heterocycles. The van der Waals surface area contributed by atoms with Crippen molar-refractivity contribution in [2.75, 3.05) is 11.5 Å². The fraction of sp³-hybridized carbons (Fsp3) is 0.368. The lowest BCUT2D eigenvalue weighted by atomic mass is 9.94. The molecule has 0 saturated carbocycles. The molecule has 2 rings (SSSR count). The zero-order valence-corrected chi connectivity index (χ0v) is 13.6. The Morgan fingerprint density at radius 2 is 1.10 bits per heavy atom. The van der Waals surface area contributed by atoms with Gasteiger partial charge in [0.2, 0.25) is 0 Å². The molecule has 0 aliphatic rings. The largest absolute Gasteiger partial charge is 0.398 e. The van der Waals surface area contributed by atoms with Crippen LogP contribution < -0.4 is 11.5 Å². The lowest BCUT2D eigenvalue weighted by Gasteiger charge is -2.13. The molecule has 21 heavy (non-hydrogen) atoms. The number of anilines is 2. The molecule has 0 radical (unpaired) electrons. The summed E-state index contributed by atoms with van der Waals surface area (Å²) < 4.78 is 0. The molecule has 2 aromatic carbocycles. The topological polar surface area (TPSA) is 52.0 Å². The summed E-state index contributed by atoms with van der Waals surface area (Å²) in [5.41, 5.74) is 21.6. The van der Waals surface area contributed by atoms with Gasteiger partial charge in [-0.25, -0.2) is 0 Å². The van der Waals surface area contributed by atoms with Crippen LogP contribution in [0.25, 0.3) is 0 Å². The summed E-state index contributed by atoms with van der Waals surface area (Å²) in [5.74, 6) is 0. The first kappa shape index (κ1) is 15.4. The van der Waals surface area contributed by atoms with Gasteiger partial charge >= 0.3 is 0 Å². The maximum Gasteiger partial charge on any atom is 0.0376 e. The van der Waals surface area contributed by atoms with Gasteiger partial charge in [0.05, 0.1) is 0 Å². The number of hydrogen-bond donors (Lipinski definition) is 2. The van der Waals surface area contributed by atoms with E-state index in [0.717, 1.165) is 30.6 Å². The van der Waals surface area contributed by atoms with Crippen LogP contribution in [-0.2, 0) is 19.3 Å². The monoisotopic (exact) mass is 282 g/mol. The Morgan fingerprint density at radius 1 is 0.714 bits per heavy atom. The van der Waals surface area contributed by atoms with Crippen LogP contribution >= 0.6 is 0 Å². The predicted molar refractivity (Wildman–Crippen MR) is 92.7 cm³/mol. The third kappa shape index (κ3) is 3.21. The lowest BCUT2D eigenvalue weighted by molar-refractivity contribution is 1.08. The van der Waals surface area contributed by atoms with Gasteiger partial charge in [0.1, 0.15) is 0 Å². The van der Waals surface area contributed by atoms with Crippen LogP contribution in [0.15, 0.2) is 24.3 Å². The second-order valence-electron chi connectivity index (χ2n) is 5.85. The van der Waals surface area contributed by atoms with Crippen molar-refractivity contribution in [3.05, 3.63) is 57.6 Å². The highest BCUT2D eigenvalue weighted by molar-refractivity contribution is 5.58. The van der Waals surface area contributed by atoms with Gasteiger partial charge in [0, 0.05) is 11.4 Å². The smallest absolute Gasteiger partial charge is 0.0376 e. The Labute approximate surface area is 128 Å². The summed E-state index contributed by atoms with van der Waals surface area (Å²) >= 11 is 0. The van der Waals surface area contributed by atoms with Crippen molar-refractivity contribution in [3.63, 3.8) is 0 Å². The van der Waals surface area contributed by atoms with Gasteiger partial charge in [-0.15, -0.1) is 0 Å². The van der Waals surface area contributed by atoms with Crippen LogP contribution in [0.5, 0.6) is 0 Å². The number of rotatable bonds is 4. The molecule has 0 aliphatic carbocycles. The number of hydrogen-bond acceptors (Lipinski definition) is 2. The summed E-state index contributed by atoms with van der Waals surface area (Å²) in [6.45, 7) is 8.47. The van der Waals surface area contributed by atoms with Crippen molar-refractivity contribution in [3.8, 4) is 0 Å². The normalized spacial score (nSPS) is 10.9. The second-order valence-corrected chi connectivity index (χ2v) is 5.85. The zero-order chi connectivity index (χ0) is 15.6. The molecular weight excluding hydrogens is 256 g/mol. The Kier molecular flexibility index (Phi) is 4.56. The number of benzene rings is 2. The van der Waals surface area contributed by atoms with Crippen molar-refractivity contribution in [1.82, 2.24) is 0 Å². The SMILES string of the molecule is CCc1cc(Cc2cc(C)c(N)c(CC)c2)cc(C)c1N. The van der Waals surface area contributed by atoms with E-state index >= 15 is 0 Å². The van der Waals surface area contributed by atoms with Gasteiger partial charge in [0.15, 0.2) is 0 Å². The van der Waals surface area contributed by atoms with Crippen molar-refractivity contribution in [2.24, 2.45) is 0 Å². The first-order chi connectivity index (χ1) is 9.96. The second kappa shape index (κ2) is 6.21. The van der Waals surface area contributed by atoms with Crippen LogP contribution in [0, 0.1) is 13.8 Å². The van der Waals surface area contributed by atoms with Crippen LogP contribution in [0.1, 0.15) is 47.2 Å². The highest BCUT2D eigenvalue weighted by atomic mass is 14.6. The molecule has 0 amide bonds. The Balaban J connectivity index is 2.38. The minimum absolute atomic E-state index is 0.933. The molecule has 2 nitrogen and oxygen atoms in total. The van der Waals surface area contributed by atoms with Gasteiger partial charge in [-0.05, 0) is 66.5 Å². The van der Waals surface area contributed by atoms with E-state index in [2.05, 4.69) is 52.0 Å². The van der Waals surface area contributed by atoms with Gasteiger partial charge in [0.25, 0.3) is 0 Å². The number of nitrogen functional groups attached to an aromatic ring is 2. The van der Waals surface area contributed by atoms with Crippen molar-refractivity contribution >= 4 is 11.4 Å². The summed E-state index contributed by atoms with van der Waals surface area (Å²) in [7, 11) is 0. The molecule has 2 aromatic rings. The first-order valence-corrected chi connectivity index (χ1v) is 7.72. The van der Waals surface area contributed by atoms with E-state index < -0.39 is 0 Å². The molecular formula is C19H26N2. The summed E-state index contributed by atoms with van der Waals surface area (Å²) in [5, 5.41) is 0. The fourth-order valence-corrected chi connectivity index (χ4v) is 2.93. The van der Waals surface area contributed by atoms with Crippen molar-refractivity contribution < 1.29 is 0 Å². The van der Waals surface area contributed by atoms with E-state index in [0.29, 0.717) is 0 Å². The maximum atomic E-state index is 6.13. The van der Waals surface area contributed by atoms with Crippen LogP contribution in [-0.4, -0.2) is 0 Å². The predicted octanol–water partition coefficient (Wildman–Crippen LogP) is 4.18. The number of aryl methyl sites for hydroxylation is 4. The molecule has 0 atom stereocenters. The molecule has 0 saturated heterocycles. The van der Waals surface area contributed by atoms with E-state index in [9.17, 15) is 0 Å². The average Bonchev–Trinajstić information content (AvgIpc) is 2.46. The molecule has 0 aliphatic heterocycles. The molecule has 0 bridgehead atoms. The summed E-state index contributed by atoms with van der Waals surface area (Å²) in [6.07, 6.45) is 2.88. The first-order valence-electron chi connectivity index (χ1n) is 7.72. The zero-order valence-electron chi connectivity index (χ0n) is 13.6. The highest BCUT2D eigenvalue weighted by Gasteiger charge is 2.08. The van der Waals surface area contributed by atoms with E-state index in [1.807, 2.05) is 0 Å². The number of nitrogens with two attached hydrogens (primary N) is 2. The van der Waals surface area contributed by atoms with Crippen molar-refractivity contribution in [2.45, 2.75) is 47.0 Å². The molecule has 0 spiro atoms. The summed E-state index contributed by atoms with van der Waals surface area (Å²) in [6, 6.07) is 8.87. The van der Waals surface area contributed by atoms with Crippen LogP contribution in [0.2, 0.25) is 0 Å². The van der Waals surface area contributed by atoms with Gasteiger partial charge < -0.3 is 11.5 Å². The van der Waals surface area contributed by atoms with Gasteiger partial charge in [-0.1, -0.05) is 38.1 Å². The minimum Gasteiger partial charge on any atom is -0.398 e. The average molecular weight is 282 g/mol. The van der Waals surface area contributed by atoms with Crippen LogP contribution in [0.3, 0.4) is 0 Å². The fourth-order valence-electron chi connectivity index (χ4n) is 2.93. The van der Waals surface area contributed by atoms with Gasteiger partial charge in [-0.3, -0.25) is 0 Å². The summed E-state index contributed by atoms with van der Waals surface area (Å²) in [4.78, 5) is 0. The molecule has 0 unspecified atom stereocenters. The Bertz CT molecular complexity index is 600. The molecule has 4 N–H and O–H groups in total. The minimum atomic E-state index is 0.933. The molecule has 2 heteroatoms. The quantitative estimate of drug-likeness (QED) is 0.826. The molecule has 112 valence electrons. The Morgan fingerprint density at radius 3 is 1.43 bits per heavy atom. The lowest BCUT2D eigenvalue weighted by Crippen LogP contribution is -2.02. The maximum absolute atomic E-state index is 6.13. The third-order valence-electron chi connectivity index (χ3n) is 4.23. The van der Waals surface area contributed by atoms with Gasteiger partial charge in [-0.2, -0.15) is 0 Å². The van der Waals surface area contributed by atoms with E-state index in [4.69, 9.17) is 11.5 Å².